The lowest BCUT2D eigenvalue weighted by atomic mass is 9.90. The molecule has 0 aromatic heterocycles. The Balaban J connectivity index is 1.72. The van der Waals surface area contributed by atoms with Crippen molar-refractivity contribution in [1.29, 1.82) is 0 Å². The van der Waals surface area contributed by atoms with Gasteiger partial charge in [-0.05, 0) is 24.8 Å². The van der Waals surface area contributed by atoms with Gasteiger partial charge in [0.1, 0.15) is 0 Å². The van der Waals surface area contributed by atoms with E-state index in [4.69, 9.17) is 4.74 Å². The second kappa shape index (κ2) is 6.91. The summed E-state index contributed by atoms with van der Waals surface area (Å²) in [6, 6.07) is 11.5. The van der Waals surface area contributed by atoms with Gasteiger partial charge in [0.2, 0.25) is 0 Å². The monoisotopic (exact) mass is 288 g/mol. The molecule has 1 saturated heterocycles. The van der Waals surface area contributed by atoms with E-state index in [1.54, 1.807) is 7.11 Å². The summed E-state index contributed by atoms with van der Waals surface area (Å²) in [7, 11) is 1.80. The van der Waals surface area contributed by atoms with Gasteiger partial charge in [-0.15, -0.1) is 0 Å². The number of nitrogens with one attached hydrogen (secondary N) is 1. The van der Waals surface area contributed by atoms with E-state index in [0.717, 1.165) is 26.1 Å². The standard InChI is InChI=1S/C18H28N2O/c1-21-13-7-12-20-15-18(10-5-6-11-18)19-14-17(20)16-8-3-2-4-9-16/h2-4,8-9,17,19H,5-7,10-15H2,1H3. The largest absolute Gasteiger partial charge is 0.385 e. The lowest BCUT2D eigenvalue weighted by Crippen LogP contribution is -2.60. The van der Waals surface area contributed by atoms with Crippen molar-refractivity contribution in [3.63, 3.8) is 0 Å². The number of methoxy groups -OCH3 is 1. The van der Waals surface area contributed by atoms with Crippen LogP contribution in [0, 0.1) is 0 Å². The first-order chi connectivity index (χ1) is 10.3. The van der Waals surface area contributed by atoms with Crippen LogP contribution in [-0.4, -0.2) is 43.8 Å². The van der Waals surface area contributed by atoms with Gasteiger partial charge in [0, 0.05) is 44.9 Å². The summed E-state index contributed by atoms with van der Waals surface area (Å²) < 4.78 is 5.25. The second-order valence-corrected chi connectivity index (χ2v) is 6.61. The van der Waals surface area contributed by atoms with Gasteiger partial charge in [-0.25, -0.2) is 0 Å². The average molecular weight is 288 g/mol. The first-order valence-corrected chi connectivity index (χ1v) is 8.36. The molecule has 1 unspecified atom stereocenters. The molecule has 1 atom stereocenters. The van der Waals surface area contributed by atoms with Crippen molar-refractivity contribution in [2.45, 2.75) is 43.7 Å². The Kier molecular flexibility index (Phi) is 4.94. The number of ether oxygens (including phenoxy) is 1. The molecule has 1 heterocycles. The minimum absolute atomic E-state index is 0.387. The van der Waals surface area contributed by atoms with E-state index in [2.05, 4.69) is 40.5 Å². The Morgan fingerprint density at radius 3 is 2.71 bits per heavy atom. The number of rotatable bonds is 5. The zero-order valence-electron chi connectivity index (χ0n) is 13.2. The van der Waals surface area contributed by atoms with Crippen LogP contribution in [0.25, 0.3) is 0 Å². The third-order valence-corrected chi connectivity index (χ3v) is 5.16. The van der Waals surface area contributed by atoms with E-state index in [9.17, 15) is 0 Å². The number of piperazine rings is 1. The molecule has 0 radical (unpaired) electrons. The Bertz CT molecular complexity index is 428. The molecule has 3 heteroatoms. The Morgan fingerprint density at radius 2 is 2.00 bits per heavy atom. The Morgan fingerprint density at radius 1 is 1.24 bits per heavy atom. The van der Waals surface area contributed by atoms with Crippen LogP contribution in [0.5, 0.6) is 0 Å². The molecule has 0 amide bonds. The van der Waals surface area contributed by atoms with Crippen molar-refractivity contribution in [2.75, 3.05) is 33.4 Å². The van der Waals surface area contributed by atoms with Crippen LogP contribution in [0.2, 0.25) is 0 Å². The molecule has 3 nitrogen and oxygen atoms in total. The maximum atomic E-state index is 5.25. The van der Waals surface area contributed by atoms with Crippen LogP contribution in [-0.2, 0) is 4.74 Å². The van der Waals surface area contributed by atoms with Crippen LogP contribution in [0.3, 0.4) is 0 Å². The second-order valence-electron chi connectivity index (χ2n) is 6.61. The molecule has 116 valence electrons. The van der Waals surface area contributed by atoms with Crippen molar-refractivity contribution in [3.8, 4) is 0 Å². The number of nitrogens with zero attached hydrogens (tertiary/aromatic N) is 1. The molecule has 1 aromatic rings. The molecule has 2 fully saturated rings. The maximum Gasteiger partial charge on any atom is 0.0474 e. The van der Waals surface area contributed by atoms with Crippen LogP contribution in [0.15, 0.2) is 30.3 Å². The topological polar surface area (TPSA) is 24.5 Å². The molecule has 21 heavy (non-hydrogen) atoms. The smallest absolute Gasteiger partial charge is 0.0474 e. The number of hydrogen-bond acceptors (Lipinski definition) is 3. The van der Waals surface area contributed by atoms with E-state index in [1.807, 2.05) is 0 Å². The van der Waals surface area contributed by atoms with Gasteiger partial charge in [-0.3, -0.25) is 4.90 Å². The van der Waals surface area contributed by atoms with E-state index in [1.165, 1.54) is 37.8 Å². The Hall–Kier alpha value is -0.900. The molecule has 1 aliphatic heterocycles. The normalized spacial score (nSPS) is 25.5. The van der Waals surface area contributed by atoms with Crippen molar-refractivity contribution in [2.24, 2.45) is 0 Å². The minimum atomic E-state index is 0.387. The van der Waals surface area contributed by atoms with Crippen molar-refractivity contribution >= 4 is 0 Å². The fourth-order valence-corrected chi connectivity index (χ4v) is 4.03. The molecular formula is C18H28N2O. The maximum absolute atomic E-state index is 5.25. The zero-order chi connectivity index (χ0) is 14.5. The third-order valence-electron chi connectivity index (χ3n) is 5.16. The van der Waals surface area contributed by atoms with Gasteiger partial charge in [0.25, 0.3) is 0 Å². The highest BCUT2D eigenvalue weighted by molar-refractivity contribution is 5.21. The highest BCUT2D eigenvalue weighted by atomic mass is 16.5. The molecular weight excluding hydrogens is 260 g/mol. The molecule has 3 rings (SSSR count). The van der Waals surface area contributed by atoms with Crippen molar-refractivity contribution in [1.82, 2.24) is 10.2 Å². The van der Waals surface area contributed by atoms with Crippen molar-refractivity contribution in [3.05, 3.63) is 35.9 Å². The Labute approximate surface area is 128 Å². The molecule has 0 bridgehead atoms. The fraction of sp³-hybridized carbons (Fsp3) is 0.667. The van der Waals surface area contributed by atoms with E-state index in [-0.39, 0.29) is 0 Å². The summed E-state index contributed by atoms with van der Waals surface area (Å²) in [4.78, 5) is 2.69. The highest BCUT2D eigenvalue weighted by Gasteiger charge is 2.41. The minimum Gasteiger partial charge on any atom is -0.385 e. The molecule has 1 N–H and O–H groups in total. The highest BCUT2D eigenvalue weighted by Crippen LogP contribution is 2.36. The first kappa shape index (κ1) is 15.0. The first-order valence-electron chi connectivity index (χ1n) is 8.36. The van der Waals surface area contributed by atoms with Crippen LogP contribution in [0.4, 0.5) is 0 Å². The fourth-order valence-electron chi connectivity index (χ4n) is 4.03. The lowest BCUT2D eigenvalue weighted by Gasteiger charge is -2.46. The van der Waals surface area contributed by atoms with Gasteiger partial charge >= 0.3 is 0 Å². The van der Waals surface area contributed by atoms with Gasteiger partial charge < -0.3 is 10.1 Å². The summed E-state index contributed by atoms with van der Waals surface area (Å²) in [6.45, 7) is 4.27. The summed E-state index contributed by atoms with van der Waals surface area (Å²) in [5.41, 5.74) is 1.83. The van der Waals surface area contributed by atoms with Gasteiger partial charge in [-0.2, -0.15) is 0 Å². The predicted octanol–water partition coefficient (Wildman–Crippen LogP) is 2.98. The molecule has 1 aromatic carbocycles. The molecule has 1 spiro atoms. The summed E-state index contributed by atoms with van der Waals surface area (Å²) >= 11 is 0. The average Bonchev–Trinajstić information content (AvgIpc) is 2.97. The van der Waals surface area contributed by atoms with Gasteiger partial charge in [0.15, 0.2) is 0 Å². The summed E-state index contributed by atoms with van der Waals surface area (Å²) in [5.74, 6) is 0. The lowest BCUT2D eigenvalue weighted by molar-refractivity contribution is 0.0700. The molecule has 1 aliphatic carbocycles. The molecule has 1 saturated carbocycles. The van der Waals surface area contributed by atoms with E-state index >= 15 is 0 Å². The SMILES string of the molecule is COCCCN1CC2(CCCC2)NCC1c1ccccc1. The third kappa shape index (κ3) is 3.47. The molecule has 2 aliphatic rings. The summed E-state index contributed by atoms with van der Waals surface area (Å²) in [5, 5.41) is 3.89. The van der Waals surface area contributed by atoms with Crippen molar-refractivity contribution < 1.29 is 4.74 Å². The summed E-state index contributed by atoms with van der Waals surface area (Å²) in [6.07, 6.45) is 6.57. The predicted molar refractivity (Wildman–Crippen MR) is 86.5 cm³/mol. The quantitative estimate of drug-likeness (QED) is 0.843. The van der Waals surface area contributed by atoms with Crippen LogP contribution in [0.1, 0.15) is 43.7 Å². The van der Waals surface area contributed by atoms with Crippen LogP contribution < -0.4 is 5.32 Å². The zero-order valence-corrected chi connectivity index (χ0v) is 13.2. The number of hydrogen-bond donors (Lipinski definition) is 1. The van der Waals surface area contributed by atoms with Crippen LogP contribution >= 0.6 is 0 Å². The number of benzene rings is 1. The van der Waals surface area contributed by atoms with Gasteiger partial charge in [0.05, 0.1) is 0 Å². The van der Waals surface area contributed by atoms with E-state index in [0.29, 0.717) is 11.6 Å². The van der Waals surface area contributed by atoms with E-state index < -0.39 is 0 Å². The van der Waals surface area contributed by atoms with Gasteiger partial charge in [-0.1, -0.05) is 43.2 Å².